The molecule has 4 nitrogen and oxygen atoms in total. The molecule has 2 radical (unpaired) electrons. The Labute approximate surface area is 248 Å². The van der Waals surface area contributed by atoms with Crippen molar-refractivity contribution in [2.45, 2.75) is 113 Å². The Morgan fingerprint density at radius 2 is 0.923 bits per heavy atom. The molecular formula is C34H50O4Sn. The summed E-state index contributed by atoms with van der Waals surface area (Å²) >= 11 is 0.0736. The zero-order chi connectivity index (χ0) is 28.2. The molecule has 0 aliphatic rings. The van der Waals surface area contributed by atoms with E-state index in [1.807, 2.05) is 60.7 Å². The van der Waals surface area contributed by atoms with Gasteiger partial charge in [0.1, 0.15) is 13.2 Å². The minimum Gasteiger partial charge on any atom is -0.458 e. The summed E-state index contributed by atoms with van der Waals surface area (Å²) in [7, 11) is 0. The second-order valence-electron chi connectivity index (χ2n) is 9.81. The largest absolute Gasteiger partial charge is 0.458 e. The van der Waals surface area contributed by atoms with Crippen molar-refractivity contribution in [2.75, 3.05) is 0 Å². The first-order valence-electron chi connectivity index (χ1n) is 15.0. The van der Waals surface area contributed by atoms with Crippen LogP contribution in [0.2, 0.25) is 8.87 Å². The van der Waals surface area contributed by atoms with Gasteiger partial charge in [0.25, 0.3) is 0 Å². The van der Waals surface area contributed by atoms with Crippen LogP contribution in [0, 0.1) is 0 Å². The molecule has 39 heavy (non-hydrogen) atoms. The van der Waals surface area contributed by atoms with Crippen molar-refractivity contribution < 1.29 is 19.1 Å². The van der Waals surface area contributed by atoms with Gasteiger partial charge in [0, 0.05) is 12.2 Å². The topological polar surface area (TPSA) is 52.6 Å². The third kappa shape index (κ3) is 22.4. The van der Waals surface area contributed by atoms with Gasteiger partial charge in [0.2, 0.25) is 0 Å². The molecule has 2 aromatic rings. The minimum atomic E-state index is -0.583. The van der Waals surface area contributed by atoms with Gasteiger partial charge in [-0.15, -0.1) is 0 Å². The fraction of sp³-hybridized carbons (Fsp3) is 0.529. The smallest absolute Gasteiger partial charge is 0.331 e. The number of hydrogen-bond acceptors (Lipinski definition) is 4. The maximum Gasteiger partial charge on any atom is 0.331 e. The van der Waals surface area contributed by atoms with Crippen LogP contribution in [0.25, 0.3) is 0 Å². The minimum absolute atomic E-state index is 0.0736. The molecule has 0 atom stereocenters. The normalized spacial score (nSPS) is 10.6. The number of carbonyl (C=O) groups excluding carboxylic acids is 2. The van der Waals surface area contributed by atoms with Gasteiger partial charge in [-0.1, -0.05) is 60.7 Å². The van der Waals surface area contributed by atoms with Crippen molar-refractivity contribution in [2.24, 2.45) is 0 Å². The Kier molecular flexibility index (Phi) is 23.4. The Hall–Kier alpha value is -2.08. The van der Waals surface area contributed by atoms with E-state index in [0.717, 1.165) is 23.3 Å². The number of hydrogen-bond donors (Lipinski definition) is 0. The van der Waals surface area contributed by atoms with E-state index in [1.165, 1.54) is 64.2 Å². The predicted octanol–water partition coefficient (Wildman–Crippen LogP) is 9.28. The van der Waals surface area contributed by atoms with Crippen LogP contribution in [0.1, 0.15) is 102 Å². The van der Waals surface area contributed by atoms with Gasteiger partial charge in [0.05, 0.1) is 0 Å². The van der Waals surface area contributed by atoms with E-state index in [4.69, 9.17) is 9.47 Å². The Morgan fingerprint density at radius 3 is 1.31 bits per heavy atom. The summed E-state index contributed by atoms with van der Waals surface area (Å²) in [6.07, 6.45) is 20.0. The summed E-state index contributed by atoms with van der Waals surface area (Å²) in [6, 6.07) is 18.6. The van der Waals surface area contributed by atoms with Crippen molar-refractivity contribution in [3.63, 3.8) is 0 Å². The second kappa shape index (κ2) is 26.2. The zero-order valence-electron chi connectivity index (χ0n) is 24.4. The Morgan fingerprint density at radius 1 is 0.564 bits per heavy atom. The molecule has 0 unspecified atom stereocenters. The third-order valence-electron chi connectivity index (χ3n) is 6.22. The standard InChI is InChI=1S/C18H16O4.2C8H17.Sn/c19-17(21-13-15-7-3-1-4-8-15)11-12-18(20)22-14-16-9-5-2-6-10-16;2*1-3-5-7-8-6-4-2;/h1-12H,13-14H2;2*1,3-8H2,2H3;. The molecule has 214 valence electrons. The molecule has 0 spiro atoms. The average molecular weight is 641 g/mol. The first kappa shape index (κ1) is 34.9. The summed E-state index contributed by atoms with van der Waals surface area (Å²) in [6.45, 7) is 4.94. The van der Waals surface area contributed by atoms with Crippen molar-refractivity contribution >= 4 is 33.1 Å². The molecule has 0 aliphatic heterocycles. The van der Waals surface area contributed by atoms with E-state index < -0.39 is 11.9 Å². The third-order valence-corrected chi connectivity index (χ3v) is 10.3. The van der Waals surface area contributed by atoms with Gasteiger partial charge < -0.3 is 9.47 Å². The molecule has 0 N–H and O–H groups in total. The molecule has 0 saturated heterocycles. The maximum absolute atomic E-state index is 11.5. The van der Waals surface area contributed by atoms with Gasteiger partial charge in [0.15, 0.2) is 0 Å². The van der Waals surface area contributed by atoms with E-state index in [2.05, 4.69) is 13.8 Å². The predicted molar refractivity (Wildman–Crippen MR) is 164 cm³/mol. The Bertz CT molecular complexity index is 796. The average Bonchev–Trinajstić information content (AvgIpc) is 2.97. The van der Waals surface area contributed by atoms with Crippen LogP contribution in [-0.2, 0) is 32.3 Å². The molecule has 0 saturated carbocycles. The molecule has 0 amide bonds. The van der Waals surface area contributed by atoms with Crippen molar-refractivity contribution in [3.8, 4) is 0 Å². The van der Waals surface area contributed by atoms with Crippen LogP contribution in [0.15, 0.2) is 72.8 Å². The van der Waals surface area contributed by atoms with Crippen LogP contribution in [0.5, 0.6) is 0 Å². The maximum atomic E-state index is 11.5. The number of esters is 2. The second-order valence-corrected chi connectivity index (χ2v) is 14.1. The van der Waals surface area contributed by atoms with E-state index in [9.17, 15) is 9.59 Å². The Balaban J connectivity index is 0.000000406. The van der Waals surface area contributed by atoms with Crippen LogP contribution >= 0.6 is 0 Å². The number of carbonyl (C=O) groups is 2. The molecule has 0 bridgehead atoms. The fourth-order valence-corrected chi connectivity index (χ4v) is 7.44. The van der Waals surface area contributed by atoms with Crippen molar-refractivity contribution in [3.05, 3.63) is 83.9 Å². The molecule has 2 rings (SSSR count). The SMILES string of the molecule is CCCCCCC[CH2][Sn][CH2]CCCCCCC.O=C(C=CC(=O)OCc1ccccc1)OCc1ccccc1. The summed E-state index contributed by atoms with van der Waals surface area (Å²) in [4.78, 5) is 23.0. The first-order valence-corrected chi connectivity index (χ1v) is 19.0. The van der Waals surface area contributed by atoms with Crippen LogP contribution < -0.4 is 0 Å². The summed E-state index contributed by atoms with van der Waals surface area (Å²) in [5.41, 5.74) is 1.77. The van der Waals surface area contributed by atoms with Gasteiger partial charge in [-0.2, -0.15) is 0 Å². The van der Waals surface area contributed by atoms with Crippen molar-refractivity contribution in [1.82, 2.24) is 0 Å². The molecule has 0 heterocycles. The summed E-state index contributed by atoms with van der Waals surface area (Å²) in [5, 5.41) is 0. The van der Waals surface area contributed by atoms with E-state index >= 15 is 0 Å². The quantitative estimate of drug-likeness (QED) is 0.0626. The van der Waals surface area contributed by atoms with Gasteiger partial charge in [-0.05, 0) is 11.1 Å². The van der Waals surface area contributed by atoms with Crippen LogP contribution in [0.3, 0.4) is 0 Å². The van der Waals surface area contributed by atoms with Gasteiger partial charge in [-0.3, -0.25) is 0 Å². The van der Waals surface area contributed by atoms with Gasteiger partial charge >= 0.3 is 133 Å². The van der Waals surface area contributed by atoms with E-state index in [0.29, 0.717) is 0 Å². The van der Waals surface area contributed by atoms with E-state index in [-0.39, 0.29) is 34.4 Å². The van der Waals surface area contributed by atoms with E-state index in [1.54, 1.807) is 21.7 Å². The number of benzene rings is 2. The summed E-state index contributed by atoms with van der Waals surface area (Å²) in [5.74, 6) is -1.17. The number of unbranched alkanes of at least 4 members (excludes halogenated alkanes) is 10. The molecule has 0 aromatic heterocycles. The van der Waals surface area contributed by atoms with Crippen molar-refractivity contribution in [1.29, 1.82) is 0 Å². The monoisotopic (exact) mass is 642 g/mol. The zero-order valence-corrected chi connectivity index (χ0v) is 27.2. The molecule has 0 aliphatic carbocycles. The molecular weight excluding hydrogens is 591 g/mol. The fourth-order valence-electron chi connectivity index (χ4n) is 3.88. The first-order chi connectivity index (χ1) is 19.2. The molecule has 0 fully saturated rings. The molecule has 5 heteroatoms. The van der Waals surface area contributed by atoms with Gasteiger partial charge in [-0.25, -0.2) is 9.59 Å². The number of rotatable bonds is 20. The van der Waals surface area contributed by atoms with Crippen LogP contribution in [0.4, 0.5) is 0 Å². The number of ether oxygens (including phenoxy) is 2. The molecule has 2 aromatic carbocycles. The van der Waals surface area contributed by atoms with Crippen LogP contribution in [-0.4, -0.2) is 33.1 Å². The summed E-state index contributed by atoms with van der Waals surface area (Å²) < 4.78 is 13.3.